The first-order valence-corrected chi connectivity index (χ1v) is 7.23. The van der Waals surface area contributed by atoms with E-state index in [4.69, 9.17) is 9.84 Å². The predicted molar refractivity (Wildman–Crippen MR) is 78.0 cm³/mol. The third-order valence-corrected chi connectivity index (χ3v) is 3.40. The van der Waals surface area contributed by atoms with Gasteiger partial charge in [-0.05, 0) is 23.8 Å². The number of aliphatic hydroxyl groups excluding tert-OH is 1. The van der Waals surface area contributed by atoms with Gasteiger partial charge in [0.1, 0.15) is 11.9 Å². The molecule has 0 aliphatic carbocycles. The molecule has 0 fully saturated rings. The van der Waals surface area contributed by atoms with Crippen LogP contribution in [0.2, 0.25) is 0 Å². The molecule has 0 aliphatic heterocycles. The van der Waals surface area contributed by atoms with Gasteiger partial charge in [-0.3, -0.25) is 0 Å². The van der Waals surface area contributed by atoms with Crippen LogP contribution in [0.1, 0.15) is 29.2 Å². The molecule has 2 aromatic rings. The number of hydrogen-bond donors (Lipinski definition) is 1. The lowest BCUT2D eigenvalue weighted by Gasteiger charge is -2.21. The molecule has 0 spiro atoms. The van der Waals surface area contributed by atoms with E-state index < -0.39 is 35.3 Å². The third kappa shape index (κ3) is 5.12. The van der Waals surface area contributed by atoms with E-state index in [0.717, 1.165) is 0 Å². The van der Waals surface area contributed by atoms with E-state index in [1.54, 1.807) is 30.3 Å². The molecule has 1 N–H and O–H groups in total. The lowest BCUT2D eigenvalue weighted by molar-refractivity contribution is -0.143. The zero-order valence-electron chi connectivity index (χ0n) is 12.7. The van der Waals surface area contributed by atoms with E-state index in [1.165, 1.54) is 0 Å². The van der Waals surface area contributed by atoms with Gasteiger partial charge in [0.05, 0.1) is 11.1 Å². The van der Waals surface area contributed by atoms with Crippen LogP contribution in [0.4, 0.5) is 26.3 Å². The quantitative estimate of drug-likeness (QED) is 0.737. The van der Waals surface area contributed by atoms with E-state index in [9.17, 15) is 26.3 Å². The first-order chi connectivity index (χ1) is 11.6. The molecule has 0 amide bonds. The molecule has 1 atom stereocenters. The highest BCUT2D eigenvalue weighted by atomic mass is 19.4. The molecule has 0 saturated heterocycles. The van der Waals surface area contributed by atoms with E-state index in [1.807, 2.05) is 0 Å². The van der Waals surface area contributed by atoms with Crippen molar-refractivity contribution < 1.29 is 36.2 Å². The second-order valence-electron chi connectivity index (χ2n) is 5.27. The Morgan fingerprint density at radius 1 is 0.840 bits per heavy atom. The Labute approximate surface area is 139 Å². The molecule has 2 rings (SSSR count). The number of hydrogen-bond acceptors (Lipinski definition) is 2. The summed E-state index contributed by atoms with van der Waals surface area (Å²) < 4.78 is 82.6. The van der Waals surface area contributed by atoms with Crippen molar-refractivity contribution in [2.75, 3.05) is 6.61 Å². The summed E-state index contributed by atoms with van der Waals surface area (Å²) in [6, 6.07) is 9.29. The Bertz CT molecular complexity index is 662. The maximum atomic E-state index is 12.9. The van der Waals surface area contributed by atoms with Crippen molar-refractivity contribution in [1.29, 1.82) is 0 Å². The summed E-state index contributed by atoms with van der Waals surface area (Å²) >= 11 is 0. The van der Waals surface area contributed by atoms with E-state index in [2.05, 4.69) is 0 Å². The van der Waals surface area contributed by atoms with Crippen LogP contribution in [0.5, 0.6) is 5.75 Å². The van der Waals surface area contributed by atoms with Crippen molar-refractivity contribution in [1.82, 2.24) is 0 Å². The van der Waals surface area contributed by atoms with Crippen molar-refractivity contribution in [3.8, 4) is 5.75 Å². The lowest BCUT2D eigenvalue weighted by atomic mass is 10.1. The highest BCUT2D eigenvalue weighted by molar-refractivity contribution is 5.38. The van der Waals surface area contributed by atoms with Crippen LogP contribution in [0.15, 0.2) is 48.5 Å². The Hall–Kier alpha value is -2.22. The zero-order valence-corrected chi connectivity index (χ0v) is 12.7. The molecular weight excluding hydrogens is 350 g/mol. The summed E-state index contributed by atoms with van der Waals surface area (Å²) in [5.41, 5.74) is -2.37. The molecule has 2 nitrogen and oxygen atoms in total. The summed E-state index contributed by atoms with van der Waals surface area (Å²) in [4.78, 5) is 0. The number of halogens is 6. The standard InChI is InChI=1S/C17H14F6O2/c18-16(19,20)12-8-13(17(21,22)23)10-14(9-12)25-15(6-7-24)11-4-2-1-3-5-11/h1-5,8-10,15,24H,6-7H2. The topological polar surface area (TPSA) is 29.5 Å². The smallest absolute Gasteiger partial charge is 0.416 e. The first kappa shape index (κ1) is 19.1. The average Bonchev–Trinajstić information content (AvgIpc) is 2.53. The summed E-state index contributed by atoms with van der Waals surface area (Å²) in [7, 11) is 0. The van der Waals surface area contributed by atoms with Crippen LogP contribution in [-0.2, 0) is 12.4 Å². The van der Waals surface area contributed by atoms with Crippen molar-refractivity contribution in [2.45, 2.75) is 24.9 Å². The summed E-state index contributed by atoms with van der Waals surface area (Å²) in [5.74, 6) is -0.565. The van der Waals surface area contributed by atoms with Crippen LogP contribution < -0.4 is 4.74 Å². The van der Waals surface area contributed by atoms with Gasteiger partial charge in [0, 0.05) is 13.0 Å². The highest BCUT2D eigenvalue weighted by Gasteiger charge is 2.37. The summed E-state index contributed by atoms with van der Waals surface area (Å²) in [5, 5.41) is 9.10. The minimum atomic E-state index is -4.95. The van der Waals surface area contributed by atoms with Crippen molar-refractivity contribution >= 4 is 0 Å². The van der Waals surface area contributed by atoms with Gasteiger partial charge in [-0.1, -0.05) is 30.3 Å². The molecular formula is C17H14F6O2. The summed E-state index contributed by atoms with van der Waals surface area (Å²) in [6.45, 7) is -0.343. The van der Waals surface area contributed by atoms with Gasteiger partial charge in [0.15, 0.2) is 0 Å². The molecule has 136 valence electrons. The van der Waals surface area contributed by atoms with Gasteiger partial charge in [-0.25, -0.2) is 0 Å². The Balaban J connectivity index is 2.42. The number of ether oxygens (including phenoxy) is 1. The van der Waals surface area contributed by atoms with Crippen molar-refractivity contribution in [3.63, 3.8) is 0 Å². The number of aliphatic hydroxyl groups is 1. The van der Waals surface area contributed by atoms with E-state index in [0.29, 0.717) is 17.7 Å². The SMILES string of the molecule is OCCC(Oc1cc(C(F)(F)F)cc(C(F)(F)F)c1)c1ccccc1. The Morgan fingerprint density at radius 3 is 1.80 bits per heavy atom. The fraction of sp³-hybridized carbons (Fsp3) is 0.294. The van der Waals surface area contributed by atoms with Crippen LogP contribution in [0.25, 0.3) is 0 Å². The van der Waals surface area contributed by atoms with Gasteiger partial charge in [0.25, 0.3) is 0 Å². The predicted octanol–water partition coefficient (Wildman–Crippen LogP) is 5.23. The van der Waals surface area contributed by atoms with Gasteiger partial charge >= 0.3 is 12.4 Å². The fourth-order valence-corrected chi connectivity index (χ4v) is 2.24. The van der Waals surface area contributed by atoms with Crippen molar-refractivity contribution in [2.24, 2.45) is 0 Å². The van der Waals surface area contributed by atoms with Crippen molar-refractivity contribution in [3.05, 3.63) is 65.2 Å². The van der Waals surface area contributed by atoms with Crippen LogP contribution in [-0.4, -0.2) is 11.7 Å². The monoisotopic (exact) mass is 364 g/mol. The van der Waals surface area contributed by atoms with Gasteiger partial charge in [-0.15, -0.1) is 0 Å². The van der Waals surface area contributed by atoms with Gasteiger partial charge in [-0.2, -0.15) is 26.3 Å². The maximum absolute atomic E-state index is 12.9. The number of alkyl halides is 6. The third-order valence-electron chi connectivity index (χ3n) is 3.40. The second-order valence-corrected chi connectivity index (χ2v) is 5.27. The van der Waals surface area contributed by atoms with Gasteiger partial charge in [0.2, 0.25) is 0 Å². The minimum Gasteiger partial charge on any atom is -0.486 e. The molecule has 25 heavy (non-hydrogen) atoms. The molecule has 0 aromatic heterocycles. The largest absolute Gasteiger partial charge is 0.486 e. The molecule has 0 saturated carbocycles. The number of benzene rings is 2. The molecule has 8 heteroatoms. The Kier molecular flexibility index (Phi) is 5.62. The molecule has 0 radical (unpaired) electrons. The molecule has 0 heterocycles. The molecule has 0 aliphatic rings. The second kappa shape index (κ2) is 7.35. The lowest BCUT2D eigenvalue weighted by Crippen LogP contribution is -2.14. The van der Waals surface area contributed by atoms with E-state index in [-0.39, 0.29) is 19.1 Å². The summed E-state index contributed by atoms with van der Waals surface area (Å²) in [6.07, 6.45) is -10.8. The average molecular weight is 364 g/mol. The normalized spacial score (nSPS) is 13.6. The maximum Gasteiger partial charge on any atom is 0.416 e. The molecule has 2 aromatic carbocycles. The zero-order chi connectivity index (χ0) is 18.7. The van der Waals surface area contributed by atoms with Crippen LogP contribution in [0, 0.1) is 0 Å². The van der Waals surface area contributed by atoms with E-state index >= 15 is 0 Å². The highest BCUT2D eigenvalue weighted by Crippen LogP contribution is 2.39. The Morgan fingerprint density at radius 2 is 1.36 bits per heavy atom. The molecule has 1 unspecified atom stereocenters. The fourth-order valence-electron chi connectivity index (χ4n) is 2.24. The first-order valence-electron chi connectivity index (χ1n) is 7.23. The number of rotatable bonds is 5. The van der Waals surface area contributed by atoms with Crippen LogP contribution in [0.3, 0.4) is 0 Å². The van der Waals surface area contributed by atoms with Gasteiger partial charge < -0.3 is 9.84 Å². The molecule has 0 bridgehead atoms. The van der Waals surface area contributed by atoms with Crippen LogP contribution >= 0.6 is 0 Å². The minimum absolute atomic E-state index is 0.0155.